The van der Waals surface area contributed by atoms with Crippen molar-refractivity contribution in [3.63, 3.8) is 0 Å². The number of ether oxygens (including phenoxy) is 1. The highest BCUT2D eigenvalue weighted by Gasteiger charge is 2.18. The molecule has 0 radical (unpaired) electrons. The standard InChI is InChI=1S/C16H17Cl2N3O3S/c17-13-2-3-14(18)15(9-13)25(22,23)20-11-12-1-4-16(19-10-12)21-5-7-24-8-6-21/h1-4,9-10,20H,5-8,11H2. The van der Waals surface area contributed by atoms with Crippen LogP contribution in [-0.2, 0) is 21.3 Å². The number of rotatable bonds is 5. The summed E-state index contributed by atoms with van der Waals surface area (Å²) in [7, 11) is -3.76. The predicted octanol–water partition coefficient (Wildman–Crippen LogP) is 2.70. The largest absolute Gasteiger partial charge is 0.378 e. The van der Waals surface area contributed by atoms with Gasteiger partial charge in [-0.25, -0.2) is 18.1 Å². The third kappa shape index (κ3) is 4.62. The van der Waals surface area contributed by atoms with E-state index in [-0.39, 0.29) is 16.5 Å². The third-order valence-electron chi connectivity index (χ3n) is 3.79. The molecule has 1 aromatic carbocycles. The number of pyridine rings is 1. The van der Waals surface area contributed by atoms with Gasteiger partial charge in [-0.05, 0) is 29.8 Å². The number of benzene rings is 1. The molecule has 3 rings (SSSR count). The van der Waals surface area contributed by atoms with Crippen molar-refractivity contribution in [2.75, 3.05) is 31.2 Å². The maximum Gasteiger partial charge on any atom is 0.242 e. The second kappa shape index (κ2) is 7.88. The third-order valence-corrected chi connectivity index (χ3v) is 5.91. The van der Waals surface area contributed by atoms with Crippen molar-refractivity contribution in [2.45, 2.75) is 11.4 Å². The van der Waals surface area contributed by atoms with Crippen molar-refractivity contribution in [1.82, 2.24) is 9.71 Å². The summed E-state index contributed by atoms with van der Waals surface area (Å²) in [6.07, 6.45) is 1.66. The SMILES string of the molecule is O=S(=O)(NCc1ccc(N2CCOCC2)nc1)c1cc(Cl)ccc1Cl. The second-order valence-corrected chi connectivity index (χ2v) is 8.10. The maximum absolute atomic E-state index is 12.4. The Bertz CT molecular complexity index is 838. The average Bonchev–Trinajstić information content (AvgIpc) is 2.63. The Morgan fingerprint density at radius 1 is 1.16 bits per heavy atom. The van der Waals surface area contributed by atoms with E-state index in [1.165, 1.54) is 18.2 Å². The van der Waals surface area contributed by atoms with Crippen molar-refractivity contribution in [3.05, 3.63) is 52.1 Å². The zero-order valence-electron chi connectivity index (χ0n) is 13.3. The number of morpholine rings is 1. The van der Waals surface area contributed by atoms with Gasteiger partial charge in [0.1, 0.15) is 10.7 Å². The topological polar surface area (TPSA) is 71.5 Å². The number of aromatic nitrogens is 1. The molecule has 1 N–H and O–H groups in total. The Morgan fingerprint density at radius 3 is 2.60 bits per heavy atom. The number of nitrogens with zero attached hydrogens (tertiary/aromatic N) is 2. The van der Waals surface area contributed by atoms with Gasteiger partial charge in [0.25, 0.3) is 0 Å². The summed E-state index contributed by atoms with van der Waals surface area (Å²) in [5.41, 5.74) is 0.749. The van der Waals surface area contributed by atoms with Gasteiger partial charge in [-0.15, -0.1) is 0 Å². The van der Waals surface area contributed by atoms with Gasteiger partial charge in [0.05, 0.1) is 18.2 Å². The molecule has 1 saturated heterocycles. The van der Waals surface area contributed by atoms with Crippen LogP contribution in [0.5, 0.6) is 0 Å². The Balaban J connectivity index is 1.67. The molecule has 1 aromatic heterocycles. The minimum absolute atomic E-state index is 0.0421. The van der Waals surface area contributed by atoms with E-state index in [1.54, 1.807) is 6.20 Å². The van der Waals surface area contributed by atoms with Gasteiger partial charge in [0.15, 0.2) is 0 Å². The molecule has 2 heterocycles. The molecule has 0 unspecified atom stereocenters. The molecule has 6 nitrogen and oxygen atoms in total. The van der Waals surface area contributed by atoms with Crippen molar-refractivity contribution >= 4 is 39.0 Å². The molecule has 0 saturated carbocycles. The average molecular weight is 402 g/mol. The lowest BCUT2D eigenvalue weighted by Crippen LogP contribution is -2.36. The number of halogens is 2. The minimum Gasteiger partial charge on any atom is -0.378 e. The first kappa shape index (κ1) is 18.4. The van der Waals surface area contributed by atoms with Gasteiger partial charge in [0.2, 0.25) is 10.0 Å². The Morgan fingerprint density at radius 2 is 1.92 bits per heavy atom. The lowest BCUT2D eigenvalue weighted by molar-refractivity contribution is 0.122. The van der Waals surface area contributed by atoms with E-state index >= 15 is 0 Å². The molecule has 2 aromatic rings. The van der Waals surface area contributed by atoms with Gasteiger partial charge in [-0.2, -0.15) is 0 Å². The molecule has 9 heteroatoms. The Kier molecular flexibility index (Phi) is 5.81. The predicted molar refractivity (Wildman–Crippen MR) is 97.8 cm³/mol. The maximum atomic E-state index is 12.4. The summed E-state index contributed by atoms with van der Waals surface area (Å²) in [6, 6.07) is 8.04. The fourth-order valence-corrected chi connectivity index (χ4v) is 4.22. The smallest absolute Gasteiger partial charge is 0.242 e. The van der Waals surface area contributed by atoms with E-state index in [9.17, 15) is 8.42 Å². The molecule has 0 amide bonds. The fourth-order valence-electron chi connectivity index (χ4n) is 2.44. The first-order chi connectivity index (χ1) is 12.0. The molecule has 134 valence electrons. The van der Waals surface area contributed by atoms with Gasteiger partial charge in [-0.1, -0.05) is 29.3 Å². The van der Waals surface area contributed by atoms with E-state index in [0.29, 0.717) is 18.2 Å². The zero-order valence-corrected chi connectivity index (χ0v) is 15.6. The van der Waals surface area contributed by atoms with Crippen molar-refractivity contribution in [1.29, 1.82) is 0 Å². The number of hydrogen-bond acceptors (Lipinski definition) is 5. The summed E-state index contributed by atoms with van der Waals surface area (Å²) in [4.78, 5) is 6.48. The lowest BCUT2D eigenvalue weighted by Gasteiger charge is -2.27. The molecular formula is C16H17Cl2N3O3S. The lowest BCUT2D eigenvalue weighted by atomic mass is 10.3. The Labute approximate surface area is 156 Å². The molecule has 1 fully saturated rings. The normalized spacial score (nSPS) is 15.4. The summed E-state index contributed by atoms with van der Waals surface area (Å²) in [5, 5.41) is 0.430. The van der Waals surface area contributed by atoms with E-state index in [1.807, 2.05) is 12.1 Å². The summed E-state index contributed by atoms with van der Waals surface area (Å²) < 4.78 is 32.6. The number of hydrogen-bond donors (Lipinski definition) is 1. The molecule has 0 bridgehead atoms. The van der Waals surface area contributed by atoms with Crippen LogP contribution in [0, 0.1) is 0 Å². The zero-order chi connectivity index (χ0) is 17.9. The Hall–Kier alpha value is -1.38. The molecule has 1 aliphatic heterocycles. The summed E-state index contributed by atoms with van der Waals surface area (Å²) >= 11 is 11.8. The highest BCUT2D eigenvalue weighted by atomic mass is 35.5. The number of sulfonamides is 1. The van der Waals surface area contributed by atoms with Crippen LogP contribution in [0.2, 0.25) is 10.0 Å². The number of nitrogens with one attached hydrogen (secondary N) is 1. The molecule has 1 aliphatic rings. The van der Waals surface area contributed by atoms with Crippen molar-refractivity contribution in [3.8, 4) is 0 Å². The molecule has 25 heavy (non-hydrogen) atoms. The van der Waals surface area contributed by atoms with Crippen LogP contribution in [0.1, 0.15) is 5.56 Å². The van der Waals surface area contributed by atoms with Crippen LogP contribution in [-0.4, -0.2) is 39.7 Å². The van der Waals surface area contributed by atoms with Crippen LogP contribution in [0.15, 0.2) is 41.4 Å². The van der Waals surface area contributed by atoms with Crippen molar-refractivity contribution < 1.29 is 13.2 Å². The van der Waals surface area contributed by atoms with Crippen LogP contribution >= 0.6 is 23.2 Å². The van der Waals surface area contributed by atoms with Gasteiger partial charge in [0, 0.05) is 30.9 Å². The van der Waals surface area contributed by atoms with Gasteiger partial charge >= 0.3 is 0 Å². The van der Waals surface area contributed by atoms with Crippen molar-refractivity contribution in [2.24, 2.45) is 0 Å². The molecular weight excluding hydrogens is 385 g/mol. The van der Waals surface area contributed by atoms with E-state index in [4.69, 9.17) is 27.9 Å². The minimum atomic E-state index is -3.76. The van der Waals surface area contributed by atoms with E-state index < -0.39 is 10.0 Å². The first-order valence-corrected chi connectivity index (χ1v) is 9.92. The van der Waals surface area contributed by atoms with E-state index in [0.717, 1.165) is 24.5 Å². The summed E-state index contributed by atoms with van der Waals surface area (Å²) in [5.74, 6) is 0.854. The van der Waals surface area contributed by atoms with Crippen LogP contribution < -0.4 is 9.62 Å². The summed E-state index contributed by atoms with van der Waals surface area (Å²) in [6.45, 7) is 3.08. The van der Waals surface area contributed by atoms with Gasteiger partial charge < -0.3 is 9.64 Å². The monoisotopic (exact) mass is 401 g/mol. The second-order valence-electron chi connectivity index (χ2n) is 5.52. The highest BCUT2D eigenvalue weighted by Crippen LogP contribution is 2.25. The van der Waals surface area contributed by atoms with Crippen LogP contribution in [0.3, 0.4) is 0 Å². The fraction of sp³-hybridized carbons (Fsp3) is 0.312. The quantitative estimate of drug-likeness (QED) is 0.833. The first-order valence-electron chi connectivity index (χ1n) is 7.68. The van der Waals surface area contributed by atoms with Gasteiger partial charge in [-0.3, -0.25) is 0 Å². The van der Waals surface area contributed by atoms with Crippen LogP contribution in [0.4, 0.5) is 5.82 Å². The molecule has 0 spiro atoms. The van der Waals surface area contributed by atoms with E-state index in [2.05, 4.69) is 14.6 Å². The molecule has 0 aliphatic carbocycles. The molecule has 0 atom stereocenters. The van der Waals surface area contributed by atoms with Crippen LogP contribution in [0.25, 0.3) is 0 Å². The highest BCUT2D eigenvalue weighted by molar-refractivity contribution is 7.89. The number of anilines is 1.